The highest BCUT2D eigenvalue weighted by atomic mass is 32.1. The fourth-order valence-corrected chi connectivity index (χ4v) is 4.44. The first kappa shape index (κ1) is 14.9. The van der Waals surface area contributed by atoms with Crippen molar-refractivity contribution in [3.63, 3.8) is 0 Å². The van der Waals surface area contributed by atoms with Gasteiger partial charge < -0.3 is 14.6 Å². The predicted octanol–water partition coefficient (Wildman–Crippen LogP) is 2.83. The molecular weight excluding hydrogens is 310 g/mol. The predicted molar refractivity (Wildman–Crippen MR) is 88.4 cm³/mol. The van der Waals surface area contributed by atoms with E-state index in [1.165, 1.54) is 12.0 Å². The molecule has 2 aromatic rings. The average Bonchev–Trinajstić information content (AvgIpc) is 2.97. The summed E-state index contributed by atoms with van der Waals surface area (Å²) in [6, 6.07) is 2.42. The quantitative estimate of drug-likeness (QED) is 0.936. The van der Waals surface area contributed by atoms with Gasteiger partial charge in [0.25, 0.3) is 5.91 Å². The van der Waals surface area contributed by atoms with Gasteiger partial charge in [-0.05, 0) is 67.1 Å². The van der Waals surface area contributed by atoms with Gasteiger partial charge in [-0.25, -0.2) is 4.98 Å². The van der Waals surface area contributed by atoms with E-state index in [4.69, 9.17) is 4.42 Å². The third kappa shape index (κ3) is 2.70. The SMILES string of the molecule is Cc1ocnc1C(=O)N(Cc1ccsc1)[C@H]1CC12CCNCC2. The van der Waals surface area contributed by atoms with Crippen LogP contribution in [-0.2, 0) is 6.54 Å². The van der Waals surface area contributed by atoms with Crippen molar-refractivity contribution in [3.8, 4) is 0 Å². The molecule has 0 radical (unpaired) electrons. The van der Waals surface area contributed by atoms with Gasteiger partial charge in [0, 0.05) is 12.6 Å². The highest BCUT2D eigenvalue weighted by Crippen LogP contribution is 2.56. The zero-order valence-electron chi connectivity index (χ0n) is 13.2. The van der Waals surface area contributed by atoms with Crippen molar-refractivity contribution in [2.75, 3.05) is 13.1 Å². The fraction of sp³-hybridized carbons (Fsp3) is 0.529. The number of carbonyl (C=O) groups is 1. The Hall–Kier alpha value is -1.66. The van der Waals surface area contributed by atoms with E-state index in [-0.39, 0.29) is 5.91 Å². The number of hydrogen-bond donors (Lipinski definition) is 1. The molecular formula is C17H21N3O2S. The van der Waals surface area contributed by atoms with Gasteiger partial charge in [0.05, 0.1) is 0 Å². The lowest BCUT2D eigenvalue weighted by Crippen LogP contribution is -2.39. The molecule has 23 heavy (non-hydrogen) atoms. The number of aryl methyl sites for hydroxylation is 1. The third-order valence-electron chi connectivity index (χ3n) is 5.26. The standard InChI is InChI=1S/C17H21N3O2S/c1-12-15(19-11-22-12)16(21)20(9-13-2-7-23-10-13)14-8-17(14)3-5-18-6-4-17/h2,7,10-11,14,18H,3-6,8-9H2,1H3/t14-/m0/s1. The largest absolute Gasteiger partial charge is 0.448 e. The van der Waals surface area contributed by atoms with Gasteiger partial charge in [-0.1, -0.05) is 0 Å². The molecule has 1 aliphatic heterocycles. The summed E-state index contributed by atoms with van der Waals surface area (Å²) < 4.78 is 5.24. The summed E-state index contributed by atoms with van der Waals surface area (Å²) in [5.41, 5.74) is 1.96. The Kier molecular flexibility index (Phi) is 3.73. The topological polar surface area (TPSA) is 58.4 Å². The lowest BCUT2D eigenvalue weighted by atomic mass is 9.93. The van der Waals surface area contributed by atoms with Crippen LogP contribution in [0.5, 0.6) is 0 Å². The molecule has 3 heterocycles. The van der Waals surface area contributed by atoms with Crippen molar-refractivity contribution >= 4 is 17.2 Å². The Morgan fingerprint density at radius 1 is 1.52 bits per heavy atom. The van der Waals surface area contributed by atoms with Gasteiger partial charge >= 0.3 is 0 Å². The van der Waals surface area contributed by atoms with Crippen LogP contribution in [-0.4, -0.2) is 34.9 Å². The summed E-state index contributed by atoms with van der Waals surface area (Å²) in [7, 11) is 0. The van der Waals surface area contributed by atoms with E-state index in [1.807, 2.05) is 4.90 Å². The molecule has 1 amide bonds. The van der Waals surface area contributed by atoms with Gasteiger partial charge in [0.2, 0.25) is 0 Å². The van der Waals surface area contributed by atoms with Crippen molar-refractivity contribution in [2.45, 2.75) is 38.8 Å². The Morgan fingerprint density at radius 2 is 2.35 bits per heavy atom. The maximum Gasteiger partial charge on any atom is 0.276 e. The summed E-state index contributed by atoms with van der Waals surface area (Å²) in [5.74, 6) is 0.605. The zero-order chi connectivity index (χ0) is 15.9. The molecule has 1 atom stereocenters. The minimum Gasteiger partial charge on any atom is -0.448 e. The Labute approximate surface area is 139 Å². The number of piperidine rings is 1. The summed E-state index contributed by atoms with van der Waals surface area (Å²) >= 11 is 1.67. The molecule has 4 rings (SSSR count). The molecule has 2 aliphatic rings. The maximum atomic E-state index is 13.1. The number of thiophene rings is 1. The van der Waals surface area contributed by atoms with Gasteiger partial charge in [-0.2, -0.15) is 11.3 Å². The highest BCUT2D eigenvalue weighted by Gasteiger charge is 2.58. The van der Waals surface area contributed by atoms with E-state index in [2.05, 4.69) is 27.1 Å². The number of carbonyl (C=O) groups excluding carboxylic acids is 1. The zero-order valence-corrected chi connectivity index (χ0v) is 14.1. The molecule has 1 saturated heterocycles. The number of rotatable bonds is 4. The number of nitrogens with zero attached hydrogens (tertiary/aromatic N) is 2. The fourth-order valence-electron chi connectivity index (χ4n) is 3.78. The van der Waals surface area contributed by atoms with Crippen LogP contribution in [0.25, 0.3) is 0 Å². The smallest absolute Gasteiger partial charge is 0.276 e. The first-order valence-corrected chi connectivity index (χ1v) is 9.07. The number of hydrogen-bond acceptors (Lipinski definition) is 5. The normalized spacial score (nSPS) is 22.2. The Morgan fingerprint density at radius 3 is 3.00 bits per heavy atom. The molecule has 6 heteroatoms. The second kappa shape index (κ2) is 5.76. The van der Waals surface area contributed by atoms with Crippen LogP contribution in [0.2, 0.25) is 0 Å². The molecule has 0 bridgehead atoms. The monoisotopic (exact) mass is 331 g/mol. The van der Waals surface area contributed by atoms with E-state index in [0.717, 1.165) is 32.4 Å². The maximum absolute atomic E-state index is 13.1. The second-order valence-electron chi connectivity index (χ2n) is 6.65. The molecule has 0 aromatic carbocycles. The molecule has 2 fully saturated rings. The Balaban J connectivity index is 1.59. The molecule has 122 valence electrons. The van der Waals surface area contributed by atoms with E-state index in [9.17, 15) is 4.79 Å². The van der Waals surface area contributed by atoms with Crippen molar-refractivity contribution in [1.82, 2.24) is 15.2 Å². The lowest BCUT2D eigenvalue weighted by Gasteiger charge is -2.29. The molecule has 1 saturated carbocycles. The van der Waals surface area contributed by atoms with E-state index in [0.29, 0.717) is 29.5 Å². The second-order valence-corrected chi connectivity index (χ2v) is 7.43. The van der Waals surface area contributed by atoms with Gasteiger partial charge in [-0.15, -0.1) is 0 Å². The number of nitrogens with one attached hydrogen (secondary N) is 1. The van der Waals surface area contributed by atoms with Crippen LogP contribution in [0, 0.1) is 12.3 Å². The minimum absolute atomic E-state index is 0.00265. The van der Waals surface area contributed by atoms with Crippen LogP contribution in [0.15, 0.2) is 27.6 Å². The first-order valence-electron chi connectivity index (χ1n) is 8.12. The lowest BCUT2D eigenvalue weighted by molar-refractivity contribution is 0.0685. The number of aromatic nitrogens is 1. The van der Waals surface area contributed by atoms with Crippen molar-refractivity contribution in [1.29, 1.82) is 0 Å². The van der Waals surface area contributed by atoms with Crippen molar-refractivity contribution < 1.29 is 9.21 Å². The first-order chi connectivity index (χ1) is 11.2. The van der Waals surface area contributed by atoms with Crippen molar-refractivity contribution in [2.24, 2.45) is 5.41 Å². The van der Waals surface area contributed by atoms with Gasteiger partial charge in [-0.3, -0.25) is 4.79 Å². The number of oxazole rings is 1. The summed E-state index contributed by atoms with van der Waals surface area (Å²) in [6.45, 7) is 4.57. The minimum atomic E-state index is 0.00265. The number of amides is 1. The molecule has 1 N–H and O–H groups in total. The van der Waals surface area contributed by atoms with Crippen molar-refractivity contribution in [3.05, 3.63) is 40.2 Å². The summed E-state index contributed by atoms with van der Waals surface area (Å²) in [4.78, 5) is 19.2. The van der Waals surface area contributed by atoms with Gasteiger partial charge in [0.15, 0.2) is 12.1 Å². The molecule has 0 unspecified atom stereocenters. The van der Waals surface area contributed by atoms with Crippen LogP contribution in [0.3, 0.4) is 0 Å². The van der Waals surface area contributed by atoms with E-state index >= 15 is 0 Å². The van der Waals surface area contributed by atoms with Gasteiger partial charge in [0.1, 0.15) is 5.76 Å². The van der Waals surface area contributed by atoms with Crippen LogP contribution in [0.1, 0.15) is 41.1 Å². The Bertz CT molecular complexity index is 689. The van der Waals surface area contributed by atoms with E-state index in [1.54, 1.807) is 18.3 Å². The molecule has 1 aliphatic carbocycles. The van der Waals surface area contributed by atoms with Crippen LogP contribution >= 0.6 is 11.3 Å². The molecule has 5 nitrogen and oxygen atoms in total. The van der Waals surface area contributed by atoms with Crippen LogP contribution in [0.4, 0.5) is 0 Å². The summed E-state index contributed by atoms with van der Waals surface area (Å²) in [5, 5.41) is 7.60. The highest BCUT2D eigenvalue weighted by molar-refractivity contribution is 7.07. The molecule has 1 spiro atoms. The van der Waals surface area contributed by atoms with E-state index < -0.39 is 0 Å². The third-order valence-corrected chi connectivity index (χ3v) is 6.00. The average molecular weight is 331 g/mol. The molecule has 2 aromatic heterocycles. The van der Waals surface area contributed by atoms with Crippen LogP contribution < -0.4 is 5.32 Å². The summed E-state index contributed by atoms with van der Waals surface area (Å²) in [6.07, 6.45) is 4.78.